The van der Waals surface area contributed by atoms with E-state index in [-0.39, 0.29) is 40.2 Å². The smallest absolute Gasteiger partial charge is 0.305 e. The minimum absolute atomic E-state index is 0.135. The molecule has 4 heterocycles. The Kier molecular flexibility index (Phi) is 11.8. The fourth-order valence-electron chi connectivity index (χ4n) is 8.71. The molecule has 4 aliphatic heterocycles. The Hall–Kier alpha value is -4.35. The van der Waals surface area contributed by atoms with E-state index >= 15 is 17.6 Å². The summed E-state index contributed by atoms with van der Waals surface area (Å²) in [6, 6.07) is 3.40. The van der Waals surface area contributed by atoms with Gasteiger partial charge in [0, 0.05) is 78.4 Å². The molecule has 0 spiro atoms. The summed E-state index contributed by atoms with van der Waals surface area (Å²) in [4.78, 5) is 26.6. The fraction of sp³-hybridized carbons (Fsp3) is 0.419. The first-order valence-electron chi connectivity index (χ1n) is 19.3. The van der Waals surface area contributed by atoms with Gasteiger partial charge < -0.3 is 33.9 Å². The van der Waals surface area contributed by atoms with Crippen molar-refractivity contribution in [2.24, 2.45) is 5.73 Å². The van der Waals surface area contributed by atoms with Crippen molar-refractivity contribution in [2.75, 3.05) is 45.3 Å². The Morgan fingerprint density at radius 2 is 1.68 bits per heavy atom. The third-order valence-electron chi connectivity index (χ3n) is 11.2. The lowest BCUT2D eigenvalue weighted by Gasteiger charge is -2.36. The third kappa shape index (κ3) is 7.45. The van der Waals surface area contributed by atoms with Crippen LogP contribution in [0.4, 0.5) is 17.6 Å². The molecule has 59 heavy (non-hydrogen) atoms. The van der Waals surface area contributed by atoms with E-state index in [1.54, 1.807) is 12.1 Å². The van der Waals surface area contributed by atoms with Crippen LogP contribution in [0.5, 0.6) is 17.2 Å². The maximum atomic E-state index is 17.1. The number of nitrogens with zero attached hydrogens (tertiary/aromatic N) is 2. The zero-order valence-electron chi connectivity index (χ0n) is 33.6. The summed E-state index contributed by atoms with van der Waals surface area (Å²) < 4.78 is 96.3. The number of carbonyl (C=O) groups excluding carboxylic acids is 1. The number of halogens is 4. The summed E-state index contributed by atoms with van der Waals surface area (Å²) in [6.07, 6.45) is 5.35. The van der Waals surface area contributed by atoms with E-state index in [0.717, 1.165) is 27.0 Å². The van der Waals surface area contributed by atoms with E-state index in [9.17, 15) is 19.2 Å². The molecule has 0 radical (unpaired) electrons. The minimum Gasteiger partial charge on any atom is -0.483 e. The lowest BCUT2D eigenvalue weighted by molar-refractivity contribution is -0.137. The predicted molar refractivity (Wildman–Crippen MR) is 220 cm³/mol. The van der Waals surface area contributed by atoms with Crippen LogP contribution in [0.3, 0.4) is 0 Å². The van der Waals surface area contributed by atoms with Crippen LogP contribution in [0.2, 0.25) is 0 Å². The van der Waals surface area contributed by atoms with Gasteiger partial charge in [0.1, 0.15) is 29.4 Å². The van der Waals surface area contributed by atoms with Gasteiger partial charge in [-0.3, -0.25) is 9.59 Å². The van der Waals surface area contributed by atoms with E-state index in [0.29, 0.717) is 72.5 Å². The highest BCUT2D eigenvalue weighted by atomic mass is 32.2. The van der Waals surface area contributed by atoms with Crippen molar-refractivity contribution >= 4 is 52.7 Å². The van der Waals surface area contributed by atoms with Gasteiger partial charge in [0.2, 0.25) is 5.36 Å². The maximum absolute atomic E-state index is 17.1. The number of hydrogen-bond acceptors (Lipinski definition) is 9. The van der Waals surface area contributed by atoms with Crippen molar-refractivity contribution in [1.29, 1.82) is 0 Å². The number of rotatable bonds is 13. The quantitative estimate of drug-likeness (QED) is 0.0439. The number of hydrogen-bond donors (Lipinski definition) is 3. The normalized spacial score (nSPS) is 16.8. The minimum atomic E-state index is -2.19. The predicted octanol–water partition coefficient (Wildman–Crippen LogP) is 6.70. The molecule has 4 aliphatic rings. The Labute approximate surface area is 347 Å². The lowest BCUT2D eigenvalue weighted by atomic mass is 9.81. The number of benzene rings is 3. The molecule has 3 aromatic carbocycles. The molecule has 3 aromatic rings. The van der Waals surface area contributed by atoms with Crippen molar-refractivity contribution in [3.63, 3.8) is 0 Å². The Bertz CT molecular complexity index is 2500. The fourth-order valence-corrected chi connectivity index (χ4v) is 9.57. The maximum Gasteiger partial charge on any atom is 0.305 e. The molecule has 0 unspecified atom stereocenters. The molecule has 10 nitrogen and oxygen atoms in total. The van der Waals surface area contributed by atoms with Gasteiger partial charge in [-0.2, -0.15) is 0 Å². The Morgan fingerprint density at radius 3 is 2.36 bits per heavy atom. The van der Waals surface area contributed by atoms with Gasteiger partial charge >= 0.3 is 5.97 Å². The molecule has 314 valence electrons. The summed E-state index contributed by atoms with van der Waals surface area (Å²) >= 11 is 1.80. The van der Waals surface area contributed by atoms with Crippen LogP contribution in [-0.4, -0.2) is 82.9 Å². The highest BCUT2D eigenvalue weighted by molar-refractivity contribution is 7.95. The number of carboxylic acid groups (broad SMARTS) is 1. The topological polar surface area (TPSA) is 135 Å². The van der Waals surface area contributed by atoms with Crippen LogP contribution >= 0.6 is 24.1 Å². The molecule has 0 saturated carbocycles. The molecule has 4 N–H and O–H groups in total. The van der Waals surface area contributed by atoms with Gasteiger partial charge in [-0.05, 0) is 99.2 Å². The molecule has 0 aliphatic carbocycles. The monoisotopic (exact) mass is 856 g/mol. The number of carbonyl (C=O) groups is 2. The summed E-state index contributed by atoms with van der Waals surface area (Å²) in [5.74, 6) is -9.12. The van der Waals surface area contributed by atoms with Crippen LogP contribution in [0.25, 0.3) is 16.7 Å². The number of fused-ring (bicyclic) bond motifs is 4. The summed E-state index contributed by atoms with van der Waals surface area (Å²) in [6.45, 7) is 8.44. The van der Waals surface area contributed by atoms with Crippen molar-refractivity contribution in [1.82, 2.24) is 9.48 Å². The van der Waals surface area contributed by atoms with Gasteiger partial charge in [0.25, 0.3) is 5.91 Å². The van der Waals surface area contributed by atoms with E-state index < -0.39 is 70.4 Å². The van der Waals surface area contributed by atoms with Crippen LogP contribution in [0.1, 0.15) is 90.7 Å². The highest BCUT2D eigenvalue weighted by Crippen LogP contribution is 2.51. The molecule has 0 atom stereocenters. The van der Waals surface area contributed by atoms with Crippen molar-refractivity contribution in [3.05, 3.63) is 97.1 Å². The number of amides is 1. The Morgan fingerprint density at radius 1 is 0.966 bits per heavy atom. The van der Waals surface area contributed by atoms with Crippen molar-refractivity contribution < 1.29 is 50.5 Å². The van der Waals surface area contributed by atoms with Gasteiger partial charge in [-0.1, -0.05) is 0 Å². The summed E-state index contributed by atoms with van der Waals surface area (Å²) in [5, 5.41) is 10.4. The summed E-state index contributed by atoms with van der Waals surface area (Å²) in [7, 11) is 2.71. The molecule has 1 amide bonds. The van der Waals surface area contributed by atoms with Crippen LogP contribution in [0.15, 0.2) is 24.3 Å². The molecule has 16 heteroatoms. The van der Waals surface area contributed by atoms with Crippen LogP contribution < -0.4 is 30.4 Å². The third-order valence-corrected chi connectivity index (χ3v) is 12.3. The van der Waals surface area contributed by atoms with E-state index in [1.165, 1.54) is 26.2 Å². The standard InChI is InChI=1S/C43H45F4N3O7S2/c1-42(2)17-21(19-58-54)25-15-27-30(31-32(34(45)36(47)35(46)33(31)44)41(53)49(5)14-11-29(51)52)28-16-26-22(20-59-55-6)18-43(3,4)57-40(26)24(9-7-12-48)39(28)56-38(27)23-10-8-13-50(42)37(23)25/h15-18H,7-14,19-20,48H2,1-6H3,(H-,51,52,54)/p+1. The SMILES string of the molecule is COSCC1=CC(C)(C)Oc2c1cc1c(c2CCCN)Oc2c3c4c(cc2=C1c1c(F)c(F)c(F)c(F)c1C(=O)N(C)CCC(=O)O)C(CSO)=CC(C)(C)[N+]=4CCC3. The summed E-state index contributed by atoms with van der Waals surface area (Å²) in [5.41, 5.74) is 6.86. The second kappa shape index (κ2) is 16.3. The number of nitrogens with two attached hydrogens (primary N) is 1. The van der Waals surface area contributed by atoms with E-state index in [2.05, 4.69) is 18.4 Å². The van der Waals surface area contributed by atoms with Crippen LogP contribution in [-0.2, 0) is 21.8 Å². The van der Waals surface area contributed by atoms with Crippen LogP contribution in [0, 0.1) is 23.3 Å². The molecule has 0 saturated heterocycles. The Balaban J connectivity index is 1.71. The van der Waals surface area contributed by atoms with Gasteiger partial charge in [-0.25, -0.2) is 22.1 Å². The molecular weight excluding hydrogens is 811 g/mol. The van der Waals surface area contributed by atoms with E-state index in [4.69, 9.17) is 19.4 Å². The zero-order valence-corrected chi connectivity index (χ0v) is 35.2. The molecule has 7 rings (SSSR count). The van der Waals surface area contributed by atoms with Gasteiger partial charge in [0.15, 0.2) is 28.8 Å². The zero-order chi connectivity index (χ0) is 42.7. The number of ether oxygens (including phenoxy) is 2. The average Bonchev–Trinajstić information content (AvgIpc) is 3.19. The van der Waals surface area contributed by atoms with Gasteiger partial charge in [0.05, 0.1) is 30.2 Å². The van der Waals surface area contributed by atoms with Crippen molar-refractivity contribution in [3.8, 4) is 17.2 Å². The first-order chi connectivity index (χ1) is 28.0. The molecule has 0 fully saturated rings. The molecular formula is C43H46F4N3O7S2+. The first-order valence-corrected chi connectivity index (χ1v) is 21.1. The highest BCUT2D eigenvalue weighted by Gasteiger charge is 2.43. The average molecular weight is 857 g/mol. The molecule has 0 aromatic heterocycles. The van der Waals surface area contributed by atoms with E-state index in [1.807, 2.05) is 26.0 Å². The second-order valence-corrected chi connectivity index (χ2v) is 17.5. The first kappa shape index (κ1) is 42.8. The number of carboxylic acids is 1. The number of aliphatic carboxylic acids is 1. The molecule has 0 bridgehead atoms. The lowest BCUT2D eigenvalue weighted by Crippen LogP contribution is -2.53. The second-order valence-electron chi connectivity index (χ2n) is 16.1. The largest absolute Gasteiger partial charge is 0.483 e. The van der Waals surface area contributed by atoms with Crippen molar-refractivity contribution in [2.45, 2.75) is 70.9 Å². The van der Waals surface area contributed by atoms with Gasteiger partial charge in [-0.15, -0.1) is 0 Å².